The number of piperidine rings is 1. The highest BCUT2D eigenvalue weighted by atomic mass is 16.5. The fourth-order valence-corrected chi connectivity index (χ4v) is 10.1. The zero-order valence-corrected chi connectivity index (χ0v) is 37.6. The third-order valence-corrected chi connectivity index (χ3v) is 13.7. The first kappa shape index (κ1) is 45.7. The molecule has 5 amide bonds. The monoisotopic (exact) mass is 894 g/mol. The summed E-state index contributed by atoms with van der Waals surface area (Å²) in [6.45, 7) is 2.41. The number of carbonyl (C=O) groups excluding carboxylic acids is 6. The van der Waals surface area contributed by atoms with Gasteiger partial charge in [0, 0.05) is 25.8 Å². The molecule has 2 aliphatic carbocycles. The number of rotatable bonds is 18. The molecule has 0 saturated carbocycles. The number of carbonyl (C=O) groups is 6. The van der Waals surface area contributed by atoms with Crippen LogP contribution in [-0.4, -0.2) is 57.1 Å². The van der Waals surface area contributed by atoms with Gasteiger partial charge >= 0.3 is 5.69 Å². The van der Waals surface area contributed by atoms with Crippen molar-refractivity contribution in [2.75, 3.05) is 6.61 Å². The van der Waals surface area contributed by atoms with Crippen molar-refractivity contribution in [1.29, 1.82) is 0 Å². The number of hydrogen-bond acceptors (Lipinski definition) is 8. The average Bonchev–Trinajstić information content (AvgIpc) is 3.78. The third-order valence-electron chi connectivity index (χ3n) is 13.7. The van der Waals surface area contributed by atoms with Gasteiger partial charge in [-0.1, -0.05) is 92.6 Å². The second-order valence-electron chi connectivity index (χ2n) is 18.1. The number of hydrogen-bond donors (Lipinski definition) is 4. The normalized spacial score (nSPS) is 19.5. The Kier molecular flexibility index (Phi) is 14.0. The lowest BCUT2D eigenvalue weighted by atomic mass is 9.83. The molecular formula is C52H58N6O8. The van der Waals surface area contributed by atoms with Gasteiger partial charge in [0.05, 0.1) is 35.5 Å². The minimum Gasteiger partial charge on any atom is -0.493 e. The molecule has 5 aromatic rings. The number of aromatic nitrogens is 2. The maximum absolute atomic E-state index is 14.4. The van der Waals surface area contributed by atoms with E-state index in [0.717, 1.165) is 76.8 Å². The zero-order valence-electron chi connectivity index (χ0n) is 37.6. The van der Waals surface area contributed by atoms with Crippen molar-refractivity contribution in [1.82, 2.24) is 25.1 Å². The average molecular weight is 895 g/mol. The lowest BCUT2D eigenvalue weighted by Crippen LogP contribution is -2.50. The van der Waals surface area contributed by atoms with Gasteiger partial charge in [-0.25, -0.2) is 4.79 Å². The SMILES string of the molecule is C[C@H]1CCc2c(OCCCCCCc3ccc4c(c3)n(C)c(=O)n4C3CCC(=O)NC3=O)ccc3c2C(C1=O)[C@H](C(=O)N[C@@H](CCC(N)=O)C(=O)NC(c1ccccc1)c1ccccc1)C3. The largest absolute Gasteiger partial charge is 0.493 e. The van der Waals surface area contributed by atoms with Crippen molar-refractivity contribution in [3.8, 4) is 5.75 Å². The summed E-state index contributed by atoms with van der Waals surface area (Å²) in [6, 6.07) is 26.6. The highest BCUT2D eigenvalue weighted by Crippen LogP contribution is 2.47. The minimum absolute atomic E-state index is 0.00194. The molecule has 0 bridgehead atoms. The molecule has 5 atom stereocenters. The van der Waals surface area contributed by atoms with Crippen LogP contribution < -0.4 is 32.1 Å². The Bertz CT molecular complexity index is 2670. The number of aryl methyl sites for hydroxylation is 2. The molecule has 8 rings (SSSR count). The molecule has 1 saturated heterocycles. The van der Waals surface area contributed by atoms with E-state index in [1.807, 2.05) is 97.9 Å². The molecule has 4 aromatic carbocycles. The van der Waals surface area contributed by atoms with Crippen LogP contribution in [0.25, 0.3) is 11.0 Å². The highest BCUT2D eigenvalue weighted by Gasteiger charge is 2.47. The summed E-state index contributed by atoms with van der Waals surface area (Å²) in [5.74, 6) is -3.19. The molecule has 66 heavy (non-hydrogen) atoms. The topological polar surface area (TPSA) is 201 Å². The number of benzene rings is 4. The van der Waals surface area contributed by atoms with Gasteiger partial charge < -0.3 is 21.1 Å². The number of fused-ring (bicyclic) bond motifs is 1. The Morgan fingerprint density at radius 3 is 2.24 bits per heavy atom. The molecule has 2 unspecified atom stereocenters. The summed E-state index contributed by atoms with van der Waals surface area (Å²) in [4.78, 5) is 92.0. The molecule has 0 radical (unpaired) electrons. The lowest BCUT2D eigenvalue weighted by molar-refractivity contribution is -0.136. The predicted octanol–water partition coefficient (Wildman–Crippen LogP) is 5.56. The number of ketones is 1. The van der Waals surface area contributed by atoms with E-state index in [1.165, 1.54) is 4.57 Å². The van der Waals surface area contributed by atoms with Gasteiger partial charge in [0.25, 0.3) is 0 Å². The zero-order chi connectivity index (χ0) is 46.5. The smallest absolute Gasteiger partial charge is 0.329 e. The molecule has 2 heterocycles. The van der Waals surface area contributed by atoms with Crippen LogP contribution in [0.4, 0.5) is 0 Å². The fourth-order valence-electron chi connectivity index (χ4n) is 10.1. The number of Topliss-reactive ketones (excluding diaryl/α,β-unsaturated/α-hetero) is 1. The van der Waals surface area contributed by atoms with E-state index in [4.69, 9.17) is 10.5 Å². The Hall–Kier alpha value is -6.83. The number of primary amides is 1. The van der Waals surface area contributed by atoms with Crippen LogP contribution in [0.3, 0.4) is 0 Å². The first-order valence-electron chi connectivity index (χ1n) is 23.2. The van der Waals surface area contributed by atoms with Gasteiger partial charge in [0.1, 0.15) is 23.6 Å². The first-order valence-corrected chi connectivity index (χ1v) is 23.2. The first-order chi connectivity index (χ1) is 31.9. The molecule has 5 N–H and O–H groups in total. The number of unbranched alkanes of at least 4 members (excludes halogenated alkanes) is 3. The van der Waals surface area contributed by atoms with E-state index in [9.17, 15) is 33.6 Å². The van der Waals surface area contributed by atoms with Crippen LogP contribution in [0.2, 0.25) is 0 Å². The summed E-state index contributed by atoms with van der Waals surface area (Å²) in [5.41, 5.74) is 12.3. The van der Waals surface area contributed by atoms with Gasteiger partial charge in [-0.3, -0.25) is 43.2 Å². The van der Waals surface area contributed by atoms with Gasteiger partial charge in [0.15, 0.2) is 0 Å². The number of imide groups is 1. The minimum atomic E-state index is -1.07. The molecule has 1 aromatic heterocycles. The molecule has 3 aliphatic rings. The standard InChI is InChI=1S/C52H58N6O8/c1-31-18-21-36-42(66-28-12-4-3-7-13-32-19-23-39-41(29-32)57(2)52(65)58(39)40-24-27-44(60)55-51(40)64)25-20-35-30-37(46(45(35)36)48(31)61)49(62)54-38(22-26-43(53)59)50(63)56-47(33-14-8-5-9-15-33)34-16-10-6-11-17-34/h5-6,8-11,14-17,19-20,23,25,29,31,37-38,40,46-47H,3-4,7,12-13,18,21-22,24,26-28,30H2,1-2H3,(H2,53,59)(H,54,62)(H,56,63)(H,55,60,64)/t31-,37+,38-,40?,46?/m0/s1. The number of nitrogens with zero attached hydrogens (tertiary/aromatic N) is 2. The Balaban J connectivity index is 0.891. The summed E-state index contributed by atoms with van der Waals surface area (Å²) in [5, 5.41) is 8.42. The molecule has 1 aliphatic heterocycles. The molecule has 14 heteroatoms. The maximum Gasteiger partial charge on any atom is 0.329 e. The third kappa shape index (κ3) is 9.73. The van der Waals surface area contributed by atoms with Gasteiger partial charge in [0.2, 0.25) is 29.5 Å². The van der Waals surface area contributed by atoms with Crippen molar-refractivity contribution in [2.45, 2.75) is 108 Å². The van der Waals surface area contributed by atoms with Crippen molar-refractivity contribution < 1.29 is 33.5 Å². The van der Waals surface area contributed by atoms with Crippen molar-refractivity contribution >= 4 is 46.4 Å². The summed E-state index contributed by atoms with van der Waals surface area (Å²) >= 11 is 0. The van der Waals surface area contributed by atoms with Crippen LogP contribution in [0.15, 0.2) is 95.8 Å². The number of ether oxygens (including phenoxy) is 1. The fraction of sp³-hybridized carbons (Fsp3) is 0.404. The number of amides is 5. The lowest BCUT2D eigenvalue weighted by Gasteiger charge is -2.26. The quantitative estimate of drug-likeness (QED) is 0.0647. The van der Waals surface area contributed by atoms with E-state index in [2.05, 4.69) is 16.0 Å². The van der Waals surface area contributed by atoms with E-state index in [-0.39, 0.29) is 42.6 Å². The van der Waals surface area contributed by atoms with Crippen LogP contribution in [-0.2, 0) is 55.1 Å². The van der Waals surface area contributed by atoms with E-state index in [0.29, 0.717) is 37.8 Å². The van der Waals surface area contributed by atoms with E-state index < -0.39 is 53.6 Å². The summed E-state index contributed by atoms with van der Waals surface area (Å²) < 4.78 is 9.48. The summed E-state index contributed by atoms with van der Waals surface area (Å²) in [6.07, 6.45) is 6.48. The summed E-state index contributed by atoms with van der Waals surface area (Å²) in [7, 11) is 1.70. The molecule has 0 spiro atoms. The highest BCUT2D eigenvalue weighted by molar-refractivity contribution is 6.00. The van der Waals surface area contributed by atoms with Crippen molar-refractivity contribution in [3.63, 3.8) is 0 Å². The molecule has 344 valence electrons. The number of nitrogens with one attached hydrogen (secondary N) is 3. The molecule has 1 fully saturated rings. The van der Waals surface area contributed by atoms with E-state index >= 15 is 0 Å². The number of imidazole rings is 1. The van der Waals surface area contributed by atoms with Gasteiger partial charge in [-0.2, -0.15) is 0 Å². The number of nitrogens with two attached hydrogens (primary N) is 1. The van der Waals surface area contributed by atoms with Crippen molar-refractivity contribution in [3.05, 3.63) is 135 Å². The Labute approximate surface area is 383 Å². The van der Waals surface area contributed by atoms with Gasteiger partial charge in [-0.05, 0) is 103 Å². The maximum atomic E-state index is 14.4. The van der Waals surface area contributed by atoms with Crippen LogP contribution >= 0.6 is 0 Å². The van der Waals surface area contributed by atoms with Crippen LogP contribution in [0.5, 0.6) is 5.75 Å². The van der Waals surface area contributed by atoms with Crippen LogP contribution in [0.1, 0.15) is 116 Å². The van der Waals surface area contributed by atoms with Crippen molar-refractivity contribution in [2.24, 2.45) is 24.6 Å². The second-order valence-corrected chi connectivity index (χ2v) is 18.1. The predicted molar refractivity (Wildman–Crippen MR) is 248 cm³/mol. The Morgan fingerprint density at radius 2 is 1.55 bits per heavy atom. The van der Waals surface area contributed by atoms with Gasteiger partial charge in [-0.15, -0.1) is 0 Å². The van der Waals surface area contributed by atoms with Crippen LogP contribution in [0, 0.1) is 11.8 Å². The van der Waals surface area contributed by atoms with E-state index in [1.54, 1.807) is 11.6 Å². The molecule has 14 nitrogen and oxygen atoms in total. The Morgan fingerprint density at radius 1 is 0.833 bits per heavy atom. The molecular weight excluding hydrogens is 837 g/mol. The second kappa shape index (κ2) is 20.1.